The Morgan fingerprint density at radius 1 is 1.50 bits per heavy atom. The van der Waals surface area contributed by atoms with Crippen LogP contribution < -0.4 is 17.2 Å². The maximum Gasteiger partial charge on any atom is 0.320 e. The number of hydrogen-bond acceptors (Lipinski definition) is 3. The Kier molecular flexibility index (Phi) is 4.78. The first-order valence-electron chi connectivity index (χ1n) is 3.58. The molecule has 12 heavy (non-hydrogen) atoms. The van der Waals surface area contributed by atoms with Crippen LogP contribution in [-0.2, 0) is 4.79 Å². The summed E-state index contributed by atoms with van der Waals surface area (Å²) >= 11 is 0. The van der Waals surface area contributed by atoms with Crippen molar-refractivity contribution in [2.75, 3.05) is 6.54 Å². The molecule has 0 aromatic rings. The molecule has 0 aliphatic carbocycles. The van der Waals surface area contributed by atoms with E-state index in [4.69, 9.17) is 22.3 Å². The van der Waals surface area contributed by atoms with Crippen molar-refractivity contribution < 1.29 is 9.90 Å². The molecule has 0 fully saturated rings. The normalized spacial score (nSPS) is 12.1. The van der Waals surface area contributed by atoms with Crippen molar-refractivity contribution in [3.05, 3.63) is 0 Å². The van der Waals surface area contributed by atoms with E-state index in [0.717, 1.165) is 0 Å². The molecular weight excluding hydrogens is 161 g/mol. The molecule has 0 radical (unpaired) electrons. The average Bonchev–Trinajstić information content (AvgIpc) is 1.97. The minimum Gasteiger partial charge on any atom is -0.480 e. The molecule has 0 saturated heterocycles. The highest BCUT2D eigenvalue weighted by atomic mass is 16.4. The van der Waals surface area contributed by atoms with Gasteiger partial charge in [-0.05, 0) is 12.8 Å². The van der Waals surface area contributed by atoms with E-state index in [-0.39, 0.29) is 5.96 Å². The molecule has 0 rings (SSSR count). The van der Waals surface area contributed by atoms with Gasteiger partial charge in [0.25, 0.3) is 0 Å². The topological polar surface area (TPSA) is 128 Å². The van der Waals surface area contributed by atoms with E-state index < -0.39 is 12.0 Å². The van der Waals surface area contributed by atoms with Crippen LogP contribution in [0.15, 0.2) is 4.99 Å². The van der Waals surface area contributed by atoms with Crippen molar-refractivity contribution in [2.45, 2.75) is 18.9 Å². The highest BCUT2D eigenvalue weighted by Crippen LogP contribution is 1.94. The molecular formula is C6H14N4O2. The predicted molar refractivity (Wildman–Crippen MR) is 45.5 cm³/mol. The summed E-state index contributed by atoms with van der Waals surface area (Å²) in [6, 6.07) is -0.820. The van der Waals surface area contributed by atoms with Crippen LogP contribution in [-0.4, -0.2) is 29.6 Å². The van der Waals surface area contributed by atoms with Crippen LogP contribution in [0.4, 0.5) is 0 Å². The quantitative estimate of drug-likeness (QED) is 0.174. The fourth-order valence-corrected chi connectivity index (χ4v) is 0.643. The number of guanidine groups is 1. The number of aliphatic imine (C=N–C) groups is 1. The smallest absolute Gasteiger partial charge is 0.320 e. The van der Waals surface area contributed by atoms with Crippen molar-refractivity contribution in [3.8, 4) is 0 Å². The molecule has 0 heterocycles. The molecule has 0 unspecified atom stereocenters. The van der Waals surface area contributed by atoms with Crippen LogP contribution >= 0.6 is 0 Å². The Balaban J connectivity index is 3.44. The summed E-state index contributed by atoms with van der Waals surface area (Å²) in [7, 11) is 0. The molecule has 0 aromatic heterocycles. The van der Waals surface area contributed by atoms with E-state index in [1.165, 1.54) is 0 Å². The van der Waals surface area contributed by atoms with Gasteiger partial charge < -0.3 is 22.3 Å². The molecule has 6 heteroatoms. The summed E-state index contributed by atoms with van der Waals surface area (Å²) in [4.78, 5) is 13.9. The third-order valence-electron chi connectivity index (χ3n) is 1.28. The minimum atomic E-state index is -1.00. The average molecular weight is 175 g/mol. The van der Waals surface area contributed by atoms with Gasteiger partial charge in [-0.25, -0.2) is 0 Å². The molecule has 70 valence electrons. The number of nitrogens with two attached hydrogens (primary N) is 3. The molecule has 0 saturated carbocycles. The first-order chi connectivity index (χ1) is 5.54. The standard InChI is InChI=1S/C6H14N4O2/c7-4(5(11)12)2-1-3-10-6(8)9/h4H,1-3,7H2,(H,11,12)(H4,8,9,10)/t4-/m0/s1/i6+1. The Morgan fingerprint density at radius 2 is 2.08 bits per heavy atom. The summed E-state index contributed by atoms with van der Waals surface area (Å²) in [5, 5.41) is 8.38. The van der Waals surface area contributed by atoms with Crippen molar-refractivity contribution in [1.82, 2.24) is 0 Å². The van der Waals surface area contributed by atoms with Gasteiger partial charge in [-0.3, -0.25) is 9.79 Å². The van der Waals surface area contributed by atoms with Gasteiger partial charge in [-0.2, -0.15) is 0 Å². The number of carboxylic acid groups (broad SMARTS) is 1. The lowest BCUT2D eigenvalue weighted by Gasteiger charge is -2.03. The van der Waals surface area contributed by atoms with Crippen molar-refractivity contribution in [3.63, 3.8) is 0 Å². The Morgan fingerprint density at radius 3 is 2.50 bits per heavy atom. The number of hydrogen-bond donors (Lipinski definition) is 4. The maximum atomic E-state index is 10.2. The second-order valence-corrected chi connectivity index (χ2v) is 2.39. The van der Waals surface area contributed by atoms with Gasteiger partial charge in [0, 0.05) is 6.54 Å². The molecule has 0 aliphatic rings. The van der Waals surface area contributed by atoms with Gasteiger partial charge in [0.15, 0.2) is 5.96 Å². The fraction of sp³-hybridized carbons (Fsp3) is 0.667. The van der Waals surface area contributed by atoms with E-state index >= 15 is 0 Å². The zero-order valence-corrected chi connectivity index (χ0v) is 6.73. The first-order valence-corrected chi connectivity index (χ1v) is 3.58. The summed E-state index contributed by atoms with van der Waals surface area (Å²) in [5.41, 5.74) is 15.3. The lowest BCUT2D eigenvalue weighted by atomic mass is 10.2. The summed E-state index contributed by atoms with van der Waals surface area (Å²) < 4.78 is 0. The lowest BCUT2D eigenvalue weighted by molar-refractivity contribution is -0.138. The molecule has 6 nitrogen and oxygen atoms in total. The maximum absolute atomic E-state index is 10.2. The molecule has 0 aliphatic heterocycles. The van der Waals surface area contributed by atoms with Crippen molar-refractivity contribution >= 4 is 11.9 Å². The Bertz CT molecular complexity index is 176. The number of aliphatic carboxylic acids is 1. The van der Waals surface area contributed by atoms with Gasteiger partial charge in [0.05, 0.1) is 0 Å². The third kappa shape index (κ3) is 5.48. The SMILES string of the molecule is N[C@@H](CCCN=[13C](N)N)C(=O)O. The van der Waals surface area contributed by atoms with Gasteiger partial charge in [-0.15, -0.1) is 0 Å². The summed E-state index contributed by atoms with van der Waals surface area (Å²) in [6.45, 7) is 0.420. The molecule has 0 spiro atoms. The van der Waals surface area contributed by atoms with E-state index in [0.29, 0.717) is 19.4 Å². The van der Waals surface area contributed by atoms with E-state index in [1.807, 2.05) is 0 Å². The second-order valence-electron chi connectivity index (χ2n) is 2.39. The van der Waals surface area contributed by atoms with E-state index in [1.54, 1.807) is 0 Å². The predicted octanol–water partition coefficient (Wildman–Crippen LogP) is -1.55. The lowest BCUT2D eigenvalue weighted by Crippen LogP contribution is -2.30. The van der Waals surface area contributed by atoms with Crippen LogP contribution in [0.5, 0.6) is 0 Å². The zero-order valence-electron chi connectivity index (χ0n) is 6.73. The number of rotatable bonds is 5. The number of carboxylic acids is 1. The molecule has 7 N–H and O–H groups in total. The highest BCUT2D eigenvalue weighted by Gasteiger charge is 2.09. The summed E-state index contributed by atoms with van der Waals surface area (Å²) in [6.07, 6.45) is 0.956. The Hall–Kier alpha value is -1.30. The van der Waals surface area contributed by atoms with Crippen molar-refractivity contribution in [2.24, 2.45) is 22.2 Å². The van der Waals surface area contributed by atoms with Gasteiger partial charge in [0.1, 0.15) is 6.04 Å². The fourth-order valence-electron chi connectivity index (χ4n) is 0.643. The third-order valence-corrected chi connectivity index (χ3v) is 1.28. The van der Waals surface area contributed by atoms with Gasteiger partial charge >= 0.3 is 5.97 Å². The van der Waals surface area contributed by atoms with Crippen LogP contribution in [0.1, 0.15) is 12.8 Å². The van der Waals surface area contributed by atoms with Gasteiger partial charge in [0.2, 0.25) is 0 Å². The molecule has 0 bridgehead atoms. The number of carbonyl (C=O) groups is 1. The first kappa shape index (κ1) is 10.7. The van der Waals surface area contributed by atoms with E-state index in [9.17, 15) is 4.79 Å². The highest BCUT2D eigenvalue weighted by molar-refractivity contribution is 5.75. The van der Waals surface area contributed by atoms with Crippen LogP contribution in [0.2, 0.25) is 0 Å². The van der Waals surface area contributed by atoms with E-state index in [2.05, 4.69) is 4.99 Å². The summed E-state index contributed by atoms with van der Waals surface area (Å²) in [5.74, 6) is -0.987. The Labute approximate surface area is 70.4 Å². The van der Waals surface area contributed by atoms with Crippen LogP contribution in [0.25, 0.3) is 0 Å². The molecule has 0 aromatic carbocycles. The molecule has 1 atom stereocenters. The van der Waals surface area contributed by atoms with Gasteiger partial charge in [-0.1, -0.05) is 0 Å². The number of nitrogens with zero attached hydrogens (tertiary/aromatic N) is 1. The molecule has 0 amide bonds. The minimum absolute atomic E-state index is 0.0129. The van der Waals surface area contributed by atoms with Crippen molar-refractivity contribution in [1.29, 1.82) is 0 Å². The second kappa shape index (κ2) is 5.36. The van der Waals surface area contributed by atoms with Crippen LogP contribution in [0.3, 0.4) is 0 Å². The largest absolute Gasteiger partial charge is 0.480 e. The van der Waals surface area contributed by atoms with Crippen LogP contribution in [0, 0.1) is 0 Å². The monoisotopic (exact) mass is 175 g/mol. The zero-order chi connectivity index (χ0) is 9.56.